The summed E-state index contributed by atoms with van der Waals surface area (Å²) in [6.07, 6.45) is 13.2. The van der Waals surface area contributed by atoms with Crippen molar-refractivity contribution in [3.05, 3.63) is 0 Å². The topological polar surface area (TPSA) is 12.0 Å². The molecular weight excluding hydrogens is 218 g/mol. The summed E-state index contributed by atoms with van der Waals surface area (Å²) in [5.74, 6) is 1.93. The summed E-state index contributed by atoms with van der Waals surface area (Å²) in [6, 6.07) is 0.808. The molecular formula is C17H33N. The molecule has 0 aromatic rings. The third-order valence-corrected chi connectivity index (χ3v) is 5.92. The first-order valence-corrected chi connectivity index (χ1v) is 8.45. The van der Waals surface area contributed by atoms with Crippen LogP contribution in [0.25, 0.3) is 0 Å². The molecule has 2 rings (SSSR count). The van der Waals surface area contributed by atoms with Crippen LogP contribution in [-0.2, 0) is 0 Å². The van der Waals surface area contributed by atoms with Crippen LogP contribution < -0.4 is 5.32 Å². The SMILES string of the molecule is CCNC(C1CCC(C)CC1)C1(CC)CCCC1. The van der Waals surface area contributed by atoms with Crippen LogP contribution in [0.1, 0.15) is 78.6 Å². The molecule has 106 valence electrons. The molecule has 1 nitrogen and oxygen atoms in total. The molecule has 2 aliphatic rings. The third-order valence-electron chi connectivity index (χ3n) is 5.92. The van der Waals surface area contributed by atoms with Gasteiger partial charge in [0.25, 0.3) is 0 Å². The summed E-state index contributed by atoms with van der Waals surface area (Å²) in [6.45, 7) is 8.31. The molecule has 0 spiro atoms. The molecule has 2 saturated carbocycles. The van der Waals surface area contributed by atoms with E-state index in [1.807, 2.05) is 0 Å². The Morgan fingerprint density at radius 1 is 1.06 bits per heavy atom. The van der Waals surface area contributed by atoms with Gasteiger partial charge in [0.15, 0.2) is 0 Å². The van der Waals surface area contributed by atoms with Gasteiger partial charge < -0.3 is 5.32 Å². The lowest BCUT2D eigenvalue weighted by atomic mass is 9.66. The lowest BCUT2D eigenvalue weighted by Crippen LogP contribution is -2.49. The number of hydrogen-bond acceptors (Lipinski definition) is 1. The Kier molecular flexibility index (Phi) is 5.12. The predicted molar refractivity (Wildman–Crippen MR) is 79.8 cm³/mol. The molecule has 0 amide bonds. The smallest absolute Gasteiger partial charge is 0.0151 e. The van der Waals surface area contributed by atoms with Gasteiger partial charge in [-0.2, -0.15) is 0 Å². The van der Waals surface area contributed by atoms with Crippen molar-refractivity contribution in [1.29, 1.82) is 0 Å². The predicted octanol–water partition coefficient (Wildman–Crippen LogP) is 4.76. The van der Waals surface area contributed by atoms with Gasteiger partial charge in [0.05, 0.1) is 0 Å². The Bertz CT molecular complexity index is 234. The van der Waals surface area contributed by atoms with Crippen LogP contribution in [0.3, 0.4) is 0 Å². The fourth-order valence-corrected chi connectivity index (χ4v) is 4.69. The summed E-state index contributed by atoms with van der Waals surface area (Å²) < 4.78 is 0. The van der Waals surface area contributed by atoms with E-state index in [0.717, 1.165) is 24.4 Å². The zero-order valence-electron chi connectivity index (χ0n) is 12.8. The minimum Gasteiger partial charge on any atom is -0.313 e. The maximum Gasteiger partial charge on any atom is 0.0151 e. The van der Waals surface area contributed by atoms with Gasteiger partial charge in [0.2, 0.25) is 0 Å². The molecule has 0 aliphatic heterocycles. The summed E-state index contributed by atoms with van der Waals surface area (Å²) in [7, 11) is 0. The zero-order chi connectivity index (χ0) is 13.0. The highest BCUT2D eigenvalue weighted by Gasteiger charge is 2.43. The van der Waals surface area contributed by atoms with E-state index in [1.165, 1.54) is 57.8 Å². The van der Waals surface area contributed by atoms with E-state index in [4.69, 9.17) is 0 Å². The second-order valence-corrected chi connectivity index (χ2v) is 6.98. The molecule has 18 heavy (non-hydrogen) atoms. The van der Waals surface area contributed by atoms with Gasteiger partial charge in [-0.25, -0.2) is 0 Å². The van der Waals surface area contributed by atoms with Crippen molar-refractivity contribution < 1.29 is 0 Å². The summed E-state index contributed by atoms with van der Waals surface area (Å²) >= 11 is 0. The maximum atomic E-state index is 3.90. The van der Waals surface area contributed by atoms with E-state index >= 15 is 0 Å². The molecule has 1 atom stereocenters. The minimum atomic E-state index is 0.640. The molecule has 1 heteroatoms. The van der Waals surface area contributed by atoms with Gasteiger partial charge >= 0.3 is 0 Å². The summed E-state index contributed by atoms with van der Waals surface area (Å²) in [5.41, 5.74) is 0.640. The Labute approximate surface area is 114 Å². The van der Waals surface area contributed by atoms with Gasteiger partial charge in [-0.3, -0.25) is 0 Å². The molecule has 0 aromatic carbocycles. The van der Waals surface area contributed by atoms with Crippen LogP contribution in [0.5, 0.6) is 0 Å². The molecule has 0 bridgehead atoms. The minimum absolute atomic E-state index is 0.640. The largest absolute Gasteiger partial charge is 0.313 e. The first-order chi connectivity index (χ1) is 8.72. The van der Waals surface area contributed by atoms with Crippen molar-refractivity contribution in [3.63, 3.8) is 0 Å². The summed E-state index contributed by atoms with van der Waals surface area (Å²) in [5, 5.41) is 3.90. The fraction of sp³-hybridized carbons (Fsp3) is 1.00. The summed E-state index contributed by atoms with van der Waals surface area (Å²) in [4.78, 5) is 0. The van der Waals surface area contributed by atoms with Crippen molar-refractivity contribution in [1.82, 2.24) is 5.32 Å². The van der Waals surface area contributed by atoms with Crippen molar-refractivity contribution >= 4 is 0 Å². The van der Waals surface area contributed by atoms with E-state index < -0.39 is 0 Å². The molecule has 1 N–H and O–H groups in total. The van der Waals surface area contributed by atoms with Gasteiger partial charge in [0.1, 0.15) is 0 Å². The lowest BCUT2D eigenvalue weighted by Gasteiger charge is -2.44. The first kappa shape index (κ1) is 14.4. The van der Waals surface area contributed by atoms with Crippen molar-refractivity contribution in [2.75, 3.05) is 6.54 Å². The second-order valence-electron chi connectivity index (χ2n) is 6.98. The van der Waals surface area contributed by atoms with Crippen molar-refractivity contribution in [2.24, 2.45) is 17.3 Å². The molecule has 0 heterocycles. The van der Waals surface area contributed by atoms with Crippen LogP contribution >= 0.6 is 0 Å². The van der Waals surface area contributed by atoms with E-state index in [1.54, 1.807) is 0 Å². The highest BCUT2D eigenvalue weighted by Crippen LogP contribution is 2.48. The van der Waals surface area contributed by atoms with Crippen LogP contribution in [0.2, 0.25) is 0 Å². The molecule has 0 saturated heterocycles. The zero-order valence-corrected chi connectivity index (χ0v) is 12.8. The first-order valence-electron chi connectivity index (χ1n) is 8.45. The van der Waals surface area contributed by atoms with E-state index in [9.17, 15) is 0 Å². The van der Waals surface area contributed by atoms with E-state index in [-0.39, 0.29) is 0 Å². The van der Waals surface area contributed by atoms with Crippen LogP contribution in [0.15, 0.2) is 0 Å². The van der Waals surface area contributed by atoms with Crippen molar-refractivity contribution in [3.8, 4) is 0 Å². The monoisotopic (exact) mass is 251 g/mol. The van der Waals surface area contributed by atoms with Crippen LogP contribution in [0, 0.1) is 17.3 Å². The van der Waals surface area contributed by atoms with Gasteiger partial charge in [-0.15, -0.1) is 0 Å². The highest BCUT2D eigenvalue weighted by atomic mass is 14.9. The van der Waals surface area contributed by atoms with Gasteiger partial charge in [-0.1, -0.05) is 46.5 Å². The Hall–Kier alpha value is -0.0400. The number of hydrogen-bond donors (Lipinski definition) is 1. The molecule has 0 radical (unpaired) electrons. The third kappa shape index (κ3) is 2.92. The number of rotatable bonds is 5. The standard InChI is InChI=1S/C17H33N/c1-4-17(12-6-7-13-17)16(18-5-2)15-10-8-14(3)9-11-15/h14-16,18H,4-13H2,1-3H3. The molecule has 0 aromatic heterocycles. The highest BCUT2D eigenvalue weighted by molar-refractivity contribution is 4.98. The quantitative estimate of drug-likeness (QED) is 0.743. The normalized spacial score (nSPS) is 33.5. The average molecular weight is 251 g/mol. The Morgan fingerprint density at radius 3 is 2.17 bits per heavy atom. The van der Waals surface area contributed by atoms with Gasteiger partial charge in [-0.05, 0) is 55.9 Å². The number of nitrogens with one attached hydrogen (secondary N) is 1. The van der Waals surface area contributed by atoms with Crippen LogP contribution in [0.4, 0.5) is 0 Å². The molecule has 2 fully saturated rings. The van der Waals surface area contributed by atoms with Gasteiger partial charge in [0, 0.05) is 6.04 Å². The Morgan fingerprint density at radius 2 is 1.67 bits per heavy atom. The lowest BCUT2D eigenvalue weighted by molar-refractivity contribution is 0.101. The second kappa shape index (κ2) is 6.41. The fourth-order valence-electron chi connectivity index (χ4n) is 4.69. The van der Waals surface area contributed by atoms with E-state index in [0.29, 0.717) is 5.41 Å². The average Bonchev–Trinajstić information content (AvgIpc) is 2.87. The molecule has 1 unspecified atom stereocenters. The maximum absolute atomic E-state index is 3.90. The molecule has 2 aliphatic carbocycles. The van der Waals surface area contributed by atoms with E-state index in [2.05, 4.69) is 26.1 Å². The Balaban J connectivity index is 2.06. The van der Waals surface area contributed by atoms with Crippen molar-refractivity contribution in [2.45, 2.75) is 84.6 Å². The van der Waals surface area contributed by atoms with Crippen LogP contribution in [-0.4, -0.2) is 12.6 Å².